The van der Waals surface area contributed by atoms with Crippen LogP contribution in [0.25, 0.3) is 23.1 Å². The van der Waals surface area contributed by atoms with Crippen LogP contribution in [0.3, 0.4) is 0 Å². The van der Waals surface area contributed by atoms with Gasteiger partial charge in [-0.2, -0.15) is 5.10 Å². The molecule has 1 amide bonds. The first-order chi connectivity index (χ1) is 17.9. The predicted octanol–water partition coefficient (Wildman–Crippen LogP) is 3.84. The topological polar surface area (TPSA) is 98.5 Å². The van der Waals surface area contributed by atoms with Crippen molar-refractivity contribution in [3.8, 4) is 0 Å². The first-order valence-electron chi connectivity index (χ1n) is 12.6. The van der Waals surface area contributed by atoms with E-state index >= 15 is 0 Å². The molecule has 4 N–H and O–H groups in total. The van der Waals surface area contributed by atoms with E-state index in [4.69, 9.17) is 5.73 Å². The number of nitrogens with two attached hydrogens (primary N) is 1. The van der Waals surface area contributed by atoms with Crippen LogP contribution in [0.5, 0.6) is 0 Å². The molecular formula is C30H31N5O2. The second kappa shape index (κ2) is 8.87. The molecule has 0 saturated heterocycles. The summed E-state index contributed by atoms with van der Waals surface area (Å²) in [6, 6.07) is 22.9. The second-order valence-corrected chi connectivity index (χ2v) is 10.5. The number of primary amides is 1. The van der Waals surface area contributed by atoms with Crippen molar-refractivity contribution >= 4 is 34.6 Å². The summed E-state index contributed by atoms with van der Waals surface area (Å²) in [6.07, 6.45) is 4.15. The minimum atomic E-state index is -0.789. The van der Waals surface area contributed by atoms with Gasteiger partial charge in [-0.3, -0.25) is 9.89 Å². The van der Waals surface area contributed by atoms with Crippen LogP contribution in [0.2, 0.25) is 0 Å². The molecule has 6 rings (SSSR count). The lowest BCUT2D eigenvalue weighted by atomic mass is 9.91. The van der Waals surface area contributed by atoms with Gasteiger partial charge in [0.2, 0.25) is 5.91 Å². The van der Waals surface area contributed by atoms with Crippen molar-refractivity contribution in [2.45, 2.75) is 30.5 Å². The van der Waals surface area contributed by atoms with Crippen LogP contribution < -0.4 is 10.6 Å². The number of amides is 1. The van der Waals surface area contributed by atoms with Gasteiger partial charge >= 0.3 is 0 Å². The fourth-order valence-corrected chi connectivity index (χ4v) is 5.96. The first kappa shape index (κ1) is 23.5. The Hall–Kier alpha value is -3.94. The lowest BCUT2D eigenvalue weighted by molar-refractivity contribution is -0.117. The highest BCUT2D eigenvalue weighted by molar-refractivity contribution is 5.90. The minimum Gasteiger partial charge on any atom is -0.373 e. The molecule has 2 heterocycles. The molecule has 3 unspecified atom stereocenters. The van der Waals surface area contributed by atoms with Crippen LogP contribution in [0, 0.1) is 0 Å². The van der Waals surface area contributed by atoms with Crippen molar-refractivity contribution in [1.29, 1.82) is 0 Å². The highest BCUT2D eigenvalue weighted by atomic mass is 16.3. The Morgan fingerprint density at radius 3 is 2.70 bits per heavy atom. The fourth-order valence-electron chi connectivity index (χ4n) is 5.96. The fraction of sp³-hybridized carbons (Fsp3) is 0.267. The van der Waals surface area contributed by atoms with E-state index in [-0.39, 0.29) is 12.5 Å². The summed E-state index contributed by atoms with van der Waals surface area (Å²) >= 11 is 0. The maximum Gasteiger partial charge on any atom is 0.237 e. The number of aromatic nitrogens is 2. The van der Waals surface area contributed by atoms with E-state index in [1.54, 1.807) is 4.90 Å². The van der Waals surface area contributed by atoms with Gasteiger partial charge in [0.05, 0.1) is 17.8 Å². The molecule has 7 nitrogen and oxygen atoms in total. The molecule has 3 aromatic carbocycles. The molecule has 1 aliphatic carbocycles. The maximum atomic E-state index is 11.7. The second-order valence-electron chi connectivity index (χ2n) is 10.5. The van der Waals surface area contributed by atoms with E-state index < -0.39 is 17.6 Å². The lowest BCUT2D eigenvalue weighted by Crippen LogP contribution is -2.43. The van der Waals surface area contributed by atoms with Gasteiger partial charge in [-0.05, 0) is 66.9 Å². The smallest absolute Gasteiger partial charge is 0.237 e. The van der Waals surface area contributed by atoms with Crippen LogP contribution >= 0.6 is 0 Å². The van der Waals surface area contributed by atoms with Crippen LogP contribution in [0.1, 0.15) is 40.3 Å². The third kappa shape index (κ3) is 4.00. The summed E-state index contributed by atoms with van der Waals surface area (Å²) in [4.78, 5) is 15.6. The number of nitrogens with one attached hydrogen (secondary N) is 1. The van der Waals surface area contributed by atoms with Crippen molar-refractivity contribution in [2.75, 3.05) is 25.5 Å². The standard InChI is InChI=1S/C30H31N5O2/c1-34(2)17-20-9-7-19(8-10-20)11-14-25-22-13-12-21(15-26(22)33-32-25)24-16-30(24)23-5-3-4-6-27(23)35(29(30)37)18-28(31)36/h3-15,24,29,37H,16-18H2,1-2H3,(H2,31,36)(H,32,33)/b14-11+. The van der Waals surface area contributed by atoms with Crippen molar-refractivity contribution < 1.29 is 9.90 Å². The van der Waals surface area contributed by atoms with Crippen LogP contribution in [-0.2, 0) is 16.8 Å². The number of hydrogen-bond donors (Lipinski definition) is 3. The highest BCUT2D eigenvalue weighted by Gasteiger charge is 2.66. The number of nitrogens with zero attached hydrogens (tertiary/aromatic N) is 3. The summed E-state index contributed by atoms with van der Waals surface area (Å²) in [5.74, 6) is -0.305. The number of rotatable bonds is 7. The Kier molecular flexibility index (Phi) is 5.62. The molecule has 1 saturated carbocycles. The number of hydrogen-bond acceptors (Lipinski definition) is 5. The molecule has 3 atom stereocenters. The number of carbonyl (C=O) groups is 1. The van der Waals surface area contributed by atoms with Crippen molar-refractivity contribution in [3.63, 3.8) is 0 Å². The quantitative estimate of drug-likeness (QED) is 0.363. The zero-order chi connectivity index (χ0) is 25.7. The largest absolute Gasteiger partial charge is 0.373 e. The molecule has 4 aromatic rings. The SMILES string of the molecule is CN(C)Cc1ccc(/C=C/c2n[nH]c3cc(C4CC45c4ccccc4N(CC(N)=O)C5O)ccc23)cc1. The van der Waals surface area contributed by atoms with Crippen LogP contribution in [0.4, 0.5) is 5.69 Å². The Bertz CT molecular complexity index is 1510. The molecule has 2 aliphatic rings. The number of anilines is 1. The van der Waals surface area contributed by atoms with Crippen LogP contribution in [0.15, 0.2) is 66.7 Å². The van der Waals surface area contributed by atoms with Crippen LogP contribution in [-0.4, -0.2) is 53.0 Å². The number of aromatic amines is 1. The molecule has 1 aromatic heterocycles. The number of aliphatic hydroxyl groups is 1. The van der Waals surface area contributed by atoms with Gasteiger partial charge in [-0.15, -0.1) is 0 Å². The molecule has 0 bridgehead atoms. The van der Waals surface area contributed by atoms with E-state index in [1.807, 2.05) is 24.3 Å². The number of fused-ring (bicyclic) bond motifs is 3. The average molecular weight is 494 g/mol. The summed E-state index contributed by atoms with van der Waals surface area (Å²) in [6.45, 7) is 0.921. The third-order valence-electron chi connectivity index (χ3n) is 7.73. The van der Waals surface area contributed by atoms with Gasteiger partial charge in [0.25, 0.3) is 0 Å². The van der Waals surface area contributed by atoms with Crippen molar-refractivity contribution in [2.24, 2.45) is 5.73 Å². The third-order valence-corrected chi connectivity index (χ3v) is 7.73. The van der Waals surface area contributed by atoms with E-state index in [0.717, 1.165) is 51.9 Å². The average Bonchev–Trinajstić information content (AvgIpc) is 3.45. The molecular weight excluding hydrogens is 462 g/mol. The maximum absolute atomic E-state index is 11.7. The van der Waals surface area contributed by atoms with Gasteiger partial charge in [0.1, 0.15) is 6.23 Å². The molecule has 1 aliphatic heterocycles. The predicted molar refractivity (Wildman–Crippen MR) is 147 cm³/mol. The Labute approximate surface area is 216 Å². The normalized spacial score (nSPS) is 22.4. The summed E-state index contributed by atoms with van der Waals surface area (Å²) < 4.78 is 0. The number of H-pyrrole nitrogens is 1. The first-order valence-corrected chi connectivity index (χ1v) is 12.6. The molecule has 1 spiro atoms. The van der Waals surface area contributed by atoms with Gasteiger partial charge in [0.15, 0.2) is 0 Å². The minimum absolute atomic E-state index is 0.000305. The molecule has 188 valence electrons. The van der Waals surface area contributed by atoms with E-state index in [0.29, 0.717) is 0 Å². The van der Waals surface area contributed by atoms with Gasteiger partial charge in [-0.25, -0.2) is 0 Å². The van der Waals surface area contributed by atoms with Gasteiger partial charge in [-0.1, -0.05) is 60.7 Å². The van der Waals surface area contributed by atoms with E-state index in [1.165, 1.54) is 5.56 Å². The Balaban J connectivity index is 1.24. The number of aliphatic hydroxyl groups excluding tert-OH is 1. The zero-order valence-corrected chi connectivity index (χ0v) is 21.1. The molecule has 7 heteroatoms. The van der Waals surface area contributed by atoms with E-state index in [2.05, 4.69) is 83.8 Å². The number of carbonyl (C=O) groups excluding carboxylic acids is 1. The number of benzene rings is 3. The Morgan fingerprint density at radius 1 is 1.16 bits per heavy atom. The summed E-state index contributed by atoms with van der Waals surface area (Å²) in [5.41, 5.74) is 12.5. The molecule has 0 radical (unpaired) electrons. The van der Waals surface area contributed by atoms with E-state index in [9.17, 15) is 9.90 Å². The van der Waals surface area contributed by atoms with Crippen molar-refractivity contribution in [1.82, 2.24) is 15.1 Å². The monoisotopic (exact) mass is 493 g/mol. The highest BCUT2D eigenvalue weighted by Crippen LogP contribution is 2.68. The molecule has 1 fully saturated rings. The summed E-state index contributed by atoms with van der Waals surface area (Å²) in [7, 11) is 4.14. The van der Waals surface area contributed by atoms with Gasteiger partial charge in [0, 0.05) is 23.0 Å². The zero-order valence-electron chi connectivity index (χ0n) is 21.1. The van der Waals surface area contributed by atoms with Gasteiger partial charge < -0.3 is 20.6 Å². The molecule has 37 heavy (non-hydrogen) atoms. The number of para-hydroxylation sites is 1. The Morgan fingerprint density at radius 2 is 1.95 bits per heavy atom. The lowest BCUT2D eigenvalue weighted by Gasteiger charge is -2.25. The summed E-state index contributed by atoms with van der Waals surface area (Å²) in [5, 5.41) is 20.1. The van der Waals surface area contributed by atoms with Crippen molar-refractivity contribution in [3.05, 3.63) is 94.7 Å².